The molecular formula is C11H14ClFN2O4S. The zero-order chi connectivity index (χ0) is 15.3. The van der Waals surface area contributed by atoms with E-state index in [1.54, 1.807) is 6.92 Å². The van der Waals surface area contributed by atoms with E-state index in [0.29, 0.717) is 0 Å². The van der Waals surface area contributed by atoms with E-state index in [2.05, 4.69) is 10.0 Å². The van der Waals surface area contributed by atoms with Gasteiger partial charge >= 0.3 is 6.09 Å². The van der Waals surface area contributed by atoms with Gasteiger partial charge in [-0.1, -0.05) is 11.6 Å². The zero-order valence-electron chi connectivity index (χ0n) is 10.6. The molecule has 3 N–H and O–H groups in total. The minimum atomic E-state index is -3.88. The fraction of sp³-hybridized carbons (Fsp3) is 0.364. The van der Waals surface area contributed by atoms with Crippen LogP contribution in [0, 0.1) is 5.82 Å². The molecule has 0 heterocycles. The Morgan fingerprint density at radius 1 is 1.50 bits per heavy atom. The van der Waals surface area contributed by atoms with Crippen LogP contribution in [-0.4, -0.2) is 32.2 Å². The number of sulfonamides is 1. The van der Waals surface area contributed by atoms with Crippen LogP contribution in [0.3, 0.4) is 0 Å². The van der Waals surface area contributed by atoms with Gasteiger partial charge in [-0.2, -0.15) is 0 Å². The summed E-state index contributed by atoms with van der Waals surface area (Å²) in [5, 5.41) is 10.3. The van der Waals surface area contributed by atoms with Crippen molar-refractivity contribution in [3.63, 3.8) is 0 Å². The molecule has 0 bridgehead atoms. The van der Waals surface area contributed by atoms with E-state index in [4.69, 9.17) is 16.7 Å². The first-order chi connectivity index (χ1) is 9.22. The standard InChI is InChI=1S/C11H14ClFN2O4S/c1-7(4-5-14-11(16)17)15-20(18,19)10-3-2-8(13)6-9(10)12/h2-3,6-7,14-15H,4-5H2,1H3,(H,16,17). The molecule has 1 atom stereocenters. The highest BCUT2D eigenvalue weighted by Crippen LogP contribution is 2.22. The lowest BCUT2D eigenvalue weighted by Crippen LogP contribution is -2.35. The summed E-state index contributed by atoms with van der Waals surface area (Å²) in [6, 6.07) is 2.47. The average molecular weight is 325 g/mol. The third kappa shape index (κ3) is 4.95. The lowest BCUT2D eigenvalue weighted by atomic mass is 10.2. The van der Waals surface area contributed by atoms with Gasteiger partial charge in [-0.05, 0) is 31.5 Å². The third-order valence-corrected chi connectivity index (χ3v) is 4.47. The zero-order valence-corrected chi connectivity index (χ0v) is 12.1. The lowest BCUT2D eigenvalue weighted by molar-refractivity contribution is 0.194. The molecule has 0 radical (unpaired) electrons. The van der Waals surface area contributed by atoms with Crippen LogP contribution in [0.15, 0.2) is 23.1 Å². The second-order valence-electron chi connectivity index (χ2n) is 4.12. The Morgan fingerprint density at radius 2 is 2.15 bits per heavy atom. The molecule has 0 aliphatic heterocycles. The molecule has 0 aliphatic rings. The van der Waals surface area contributed by atoms with E-state index in [-0.39, 0.29) is 22.9 Å². The molecule has 1 aromatic rings. The van der Waals surface area contributed by atoms with Crippen molar-refractivity contribution in [2.24, 2.45) is 0 Å². The van der Waals surface area contributed by atoms with Crippen molar-refractivity contribution in [2.45, 2.75) is 24.3 Å². The van der Waals surface area contributed by atoms with Crippen LogP contribution < -0.4 is 10.0 Å². The average Bonchev–Trinajstić information content (AvgIpc) is 2.26. The van der Waals surface area contributed by atoms with Crippen molar-refractivity contribution < 1.29 is 22.7 Å². The van der Waals surface area contributed by atoms with E-state index in [9.17, 15) is 17.6 Å². The van der Waals surface area contributed by atoms with E-state index in [0.717, 1.165) is 18.2 Å². The summed E-state index contributed by atoms with van der Waals surface area (Å²) in [5.41, 5.74) is 0. The SMILES string of the molecule is CC(CCNC(=O)O)NS(=O)(=O)c1ccc(F)cc1Cl. The van der Waals surface area contributed by atoms with Crippen LogP contribution in [0.2, 0.25) is 5.02 Å². The predicted molar refractivity (Wildman–Crippen MR) is 71.8 cm³/mol. The minimum Gasteiger partial charge on any atom is -0.465 e. The number of nitrogens with one attached hydrogen (secondary N) is 2. The first-order valence-corrected chi connectivity index (χ1v) is 7.52. The molecule has 0 fully saturated rings. The van der Waals surface area contributed by atoms with Crippen molar-refractivity contribution in [3.8, 4) is 0 Å². The third-order valence-electron chi connectivity index (χ3n) is 2.39. The molecule has 0 aliphatic carbocycles. The Hall–Kier alpha value is -1.38. The quantitative estimate of drug-likeness (QED) is 0.743. The van der Waals surface area contributed by atoms with Crippen molar-refractivity contribution in [2.75, 3.05) is 6.54 Å². The van der Waals surface area contributed by atoms with E-state index in [1.165, 1.54) is 0 Å². The summed E-state index contributed by atoms with van der Waals surface area (Å²) in [7, 11) is -3.88. The molecule has 0 aromatic heterocycles. The number of rotatable bonds is 6. The molecule has 0 spiro atoms. The fourth-order valence-corrected chi connectivity index (χ4v) is 3.29. The van der Waals surface area contributed by atoms with Gasteiger partial charge in [0.1, 0.15) is 10.7 Å². The minimum absolute atomic E-state index is 0.107. The molecule has 0 saturated heterocycles. The van der Waals surface area contributed by atoms with E-state index < -0.39 is 28.0 Å². The van der Waals surface area contributed by atoms with Gasteiger partial charge in [0.15, 0.2) is 0 Å². The summed E-state index contributed by atoms with van der Waals surface area (Å²) < 4.78 is 39.2. The molecule has 0 saturated carbocycles. The van der Waals surface area contributed by atoms with Crippen LogP contribution in [0.25, 0.3) is 0 Å². The highest BCUT2D eigenvalue weighted by molar-refractivity contribution is 7.89. The number of benzene rings is 1. The van der Waals surface area contributed by atoms with Gasteiger partial charge in [-0.15, -0.1) is 0 Å². The molecular weight excluding hydrogens is 311 g/mol. The summed E-state index contributed by atoms with van der Waals surface area (Å²) in [5.74, 6) is -0.632. The van der Waals surface area contributed by atoms with Gasteiger partial charge in [0.2, 0.25) is 10.0 Å². The Labute approximate surface area is 121 Å². The van der Waals surface area contributed by atoms with Gasteiger partial charge in [0.25, 0.3) is 0 Å². The molecule has 1 unspecified atom stereocenters. The van der Waals surface area contributed by atoms with Crippen molar-refractivity contribution >= 4 is 27.7 Å². The Balaban J connectivity index is 2.72. The number of hydrogen-bond donors (Lipinski definition) is 3. The number of halogens is 2. The molecule has 1 aromatic carbocycles. The topological polar surface area (TPSA) is 95.5 Å². The van der Waals surface area contributed by atoms with E-state index in [1.807, 2.05) is 0 Å². The Bertz CT molecular complexity index is 594. The lowest BCUT2D eigenvalue weighted by Gasteiger charge is -2.14. The van der Waals surface area contributed by atoms with Crippen LogP contribution >= 0.6 is 11.6 Å². The predicted octanol–water partition coefficient (Wildman–Crippen LogP) is 1.80. The maximum absolute atomic E-state index is 12.9. The smallest absolute Gasteiger partial charge is 0.404 e. The maximum Gasteiger partial charge on any atom is 0.404 e. The van der Waals surface area contributed by atoms with Crippen molar-refractivity contribution in [1.29, 1.82) is 0 Å². The first kappa shape index (κ1) is 16.7. The Morgan fingerprint density at radius 3 is 2.70 bits per heavy atom. The van der Waals surface area contributed by atoms with Gasteiger partial charge in [0.05, 0.1) is 5.02 Å². The number of hydrogen-bond acceptors (Lipinski definition) is 3. The molecule has 1 rings (SSSR count). The number of carbonyl (C=O) groups is 1. The van der Waals surface area contributed by atoms with Gasteiger partial charge < -0.3 is 10.4 Å². The van der Waals surface area contributed by atoms with Crippen LogP contribution in [0.5, 0.6) is 0 Å². The van der Waals surface area contributed by atoms with Gasteiger partial charge in [-0.25, -0.2) is 22.3 Å². The highest BCUT2D eigenvalue weighted by Gasteiger charge is 2.20. The monoisotopic (exact) mass is 324 g/mol. The van der Waals surface area contributed by atoms with Crippen molar-refractivity contribution in [1.82, 2.24) is 10.0 Å². The summed E-state index contributed by atoms with van der Waals surface area (Å²) in [6.07, 6.45) is -0.911. The number of amides is 1. The van der Waals surface area contributed by atoms with Crippen LogP contribution in [-0.2, 0) is 10.0 Å². The van der Waals surface area contributed by atoms with Gasteiger partial charge in [-0.3, -0.25) is 0 Å². The number of carboxylic acid groups (broad SMARTS) is 1. The molecule has 112 valence electrons. The fourth-order valence-electron chi connectivity index (χ4n) is 1.48. The molecule has 20 heavy (non-hydrogen) atoms. The summed E-state index contributed by atoms with van der Waals surface area (Å²) in [4.78, 5) is 10.0. The summed E-state index contributed by atoms with van der Waals surface area (Å²) >= 11 is 5.69. The maximum atomic E-state index is 12.9. The van der Waals surface area contributed by atoms with Crippen molar-refractivity contribution in [3.05, 3.63) is 29.0 Å². The molecule has 6 nitrogen and oxygen atoms in total. The first-order valence-electron chi connectivity index (χ1n) is 5.66. The molecule has 1 amide bonds. The Kier molecular flexibility index (Phi) is 5.73. The summed E-state index contributed by atoms with van der Waals surface area (Å²) in [6.45, 7) is 1.69. The van der Waals surface area contributed by atoms with Crippen LogP contribution in [0.4, 0.5) is 9.18 Å². The second-order valence-corrected chi connectivity index (χ2v) is 6.21. The normalized spacial score (nSPS) is 12.9. The highest BCUT2D eigenvalue weighted by atomic mass is 35.5. The van der Waals surface area contributed by atoms with Crippen LogP contribution in [0.1, 0.15) is 13.3 Å². The molecule has 9 heteroatoms. The van der Waals surface area contributed by atoms with E-state index >= 15 is 0 Å². The largest absolute Gasteiger partial charge is 0.465 e. The van der Waals surface area contributed by atoms with Gasteiger partial charge in [0, 0.05) is 12.6 Å². The second kappa shape index (κ2) is 6.87.